The predicted molar refractivity (Wildman–Crippen MR) is 138 cm³/mol. The lowest BCUT2D eigenvalue weighted by Gasteiger charge is -2.28. The second-order valence-electron chi connectivity index (χ2n) is 9.41. The summed E-state index contributed by atoms with van der Waals surface area (Å²) in [5.41, 5.74) is 1.89. The van der Waals surface area contributed by atoms with Gasteiger partial charge in [0, 0.05) is 28.9 Å². The van der Waals surface area contributed by atoms with E-state index in [1.807, 2.05) is 32.9 Å². The first-order valence-corrected chi connectivity index (χ1v) is 12.0. The molecule has 1 unspecified atom stereocenters. The number of urea groups is 1. The standard InChI is InChI=1S/C26H26ClN5O5/c1-14-7-8-17(12-18(14)27)29-25(37)31-26(2,3)15-5-4-6-16(11-15)28-19-13-22(34)32(24(19)36)20-9-10-21(33)30-23(20)35/h4-8,11-13,20,28H,9-10H2,1-3H3,(H2,29,31,37)(H,30,33,35). The van der Waals surface area contributed by atoms with Crippen LogP contribution in [0.25, 0.3) is 0 Å². The van der Waals surface area contributed by atoms with Crippen LogP contribution in [-0.2, 0) is 24.7 Å². The molecule has 0 saturated carbocycles. The van der Waals surface area contributed by atoms with Crippen LogP contribution in [0.15, 0.2) is 54.2 Å². The minimum absolute atomic E-state index is 0.00612. The number of carbonyl (C=O) groups is 5. The van der Waals surface area contributed by atoms with Crippen LogP contribution in [0.1, 0.15) is 37.8 Å². The molecular formula is C26H26ClN5O5. The van der Waals surface area contributed by atoms with Gasteiger partial charge in [0.15, 0.2) is 0 Å². The van der Waals surface area contributed by atoms with E-state index >= 15 is 0 Å². The molecule has 1 saturated heterocycles. The molecule has 37 heavy (non-hydrogen) atoms. The molecule has 0 spiro atoms. The third-order valence-electron chi connectivity index (χ3n) is 6.20. The summed E-state index contributed by atoms with van der Waals surface area (Å²) in [6.07, 6.45) is 1.25. The summed E-state index contributed by atoms with van der Waals surface area (Å²) in [5.74, 6) is -2.39. The molecule has 4 rings (SSSR count). The number of halogens is 1. The molecule has 10 nitrogen and oxygen atoms in total. The van der Waals surface area contributed by atoms with E-state index in [9.17, 15) is 24.0 Å². The molecule has 1 atom stereocenters. The van der Waals surface area contributed by atoms with Crippen molar-refractivity contribution in [1.82, 2.24) is 15.5 Å². The highest BCUT2D eigenvalue weighted by Crippen LogP contribution is 2.27. The van der Waals surface area contributed by atoms with Crippen molar-refractivity contribution in [3.63, 3.8) is 0 Å². The number of piperidine rings is 1. The van der Waals surface area contributed by atoms with Crippen LogP contribution in [0.4, 0.5) is 16.2 Å². The first-order chi connectivity index (χ1) is 17.4. The molecule has 2 aliphatic heterocycles. The number of nitrogens with one attached hydrogen (secondary N) is 4. The van der Waals surface area contributed by atoms with Crippen LogP contribution in [0.5, 0.6) is 0 Å². The quantitative estimate of drug-likeness (QED) is 0.429. The fourth-order valence-electron chi connectivity index (χ4n) is 4.13. The topological polar surface area (TPSA) is 137 Å². The smallest absolute Gasteiger partial charge is 0.319 e. The summed E-state index contributed by atoms with van der Waals surface area (Å²) in [5, 5.41) is 11.3. The molecular weight excluding hydrogens is 498 g/mol. The Kier molecular flexibility index (Phi) is 7.04. The van der Waals surface area contributed by atoms with Crippen molar-refractivity contribution in [3.8, 4) is 0 Å². The first-order valence-electron chi connectivity index (χ1n) is 11.6. The van der Waals surface area contributed by atoms with E-state index in [0.717, 1.165) is 22.1 Å². The van der Waals surface area contributed by atoms with Gasteiger partial charge in [-0.1, -0.05) is 29.8 Å². The lowest BCUT2D eigenvalue weighted by Crippen LogP contribution is -2.54. The summed E-state index contributed by atoms with van der Waals surface area (Å²) in [6.45, 7) is 5.51. The summed E-state index contributed by atoms with van der Waals surface area (Å²) >= 11 is 6.13. The number of imide groups is 2. The van der Waals surface area contributed by atoms with Crippen LogP contribution in [0, 0.1) is 6.92 Å². The number of aryl methyl sites for hydroxylation is 1. The second-order valence-corrected chi connectivity index (χ2v) is 9.82. The van der Waals surface area contributed by atoms with Crippen molar-refractivity contribution in [1.29, 1.82) is 0 Å². The van der Waals surface area contributed by atoms with Gasteiger partial charge in [0.2, 0.25) is 11.8 Å². The maximum absolute atomic E-state index is 12.9. The molecule has 2 heterocycles. The summed E-state index contributed by atoms with van der Waals surface area (Å²) < 4.78 is 0. The zero-order chi connectivity index (χ0) is 26.9. The van der Waals surface area contributed by atoms with Crippen molar-refractivity contribution in [2.45, 2.75) is 45.2 Å². The van der Waals surface area contributed by atoms with Crippen molar-refractivity contribution >= 4 is 52.6 Å². The maximum atomic E-state index is 12.9. The number of nitrogens with zero attached hydrogens (tertiary/aromatic N) is 1. The molecule has 0 aliphatic carbocycles. The highest BCUT2D eigenvalue weighted by atomic mass is 35.5. The summed E-state index contributed by atoms with van der Waals surface area (Å²) in [6, 6.07) is 10.8. The van der Waals surface area contributed by atoms with Gasteiger partial charge in [0.05, 0.1) is 5.54 Å². The number of hydrogen-bond donors (Lipinski definition) is 4. The molecule has 0 aromatic heterocycles. The molecule has 6 amide bonds. The molecule has 2 aromatic rings. The number of rotatable bonds is 6. The average molecular weight is 524 g/mol. The molecule has 0 bridgehead atoms. The molecule has 2 aliphatic rings. The van der Waals surface area contributed by atoms with Gasteiger partial charge in [-0.05, 0) is 62.6 Å². The summed E-state index contributed by atoms with van der Waals surface area (Å²) in [4.78, 5) is 62.5. The monoisotopic (exact) mass is 523 g/mol. The minimum atomic E-state index is -1.04. The van der Waals surface area contributed by atoms with Crippen molar-refractivity contribution in [2.75, 3.05) is 10.6 Å². The van der Waals surface area contributed by atoms with E-state index in [2.05, 4.69) is 21.3 Å². The number of carbonyl (C=O) groups excluding carboxylic acids is 5. The molecule has 1 fully saturated rings. The van der Waals surface area contributed by atoms with Crippen molar-refractivity contribution < 1.29 is 24.0 Å². The largest absolute Gasteiger partial charge is 0.351 e. The van der Waals surface area contributed by atoms with Gasteiger partial charge in [-0.25, -0.2) is 4.79 Å². The van der Waals surface area contributed by atoms with E-state index in [4.69, 9.17) is 11.6 Å². The number of anilines is 2. The molecule has 0 radical (unpaired) electrons. The Labute approximate surface area is 218 Å². The molecule has 11 heteroatoms. The minimum Gasteiger partial charge on any atom is -0.351 e. The first kappa shape index (κ1) is 25.9. The molecule has 2 aromatic carbocycles. The Morgan fingerprint density at radius 3 is 2.54 bits per heavy atom. The van der Waals surface area contributed by atoms with E-state index in [0.29, 0.717) is 16.4 Å². The fraction of sp³-hybridized carbons (Fsp3) is 0.269. The number of amides is 6. The molecule has 192 valence electrons. The Morgan fingerprint density at radius 2 is 1.84 bits per heavy atom. The predicted octanol–water partition coefficient (Wildman–Crippen LogP) is 3.18. The van der Waals surface area contributed by atoms with Crippen LogP contribution < -0.4 is 21.3 Å². The van der Waals surface area contributed by atoms with Crippen molar-refractivity contribution in [2.24, 2.45) is 0 Å². The normalized spacial score (nSPS) is 17.9. The van der Waals surface area contributed by atoms with Gasteiger partial charge in [0.1, 0.15) is 11.7 Å². The Balaban J connectivity index is 1.44. The maximum Gasteiger partial charge on any atom is 0.319 e. The van der Waals surface area contributed by atoms with Gasteiger partial charge in [-0.2, -0.15) is 0 Å². The Morgan fingerprint density at radius 1 is 1.08 bits per heavy atom. The fourth-order valence-corrected chi connectivity index (χ4v) is 4.31. The Bertz CT molecular complexity index is 1350. The van der Waals surface area contributed by atoms with E-state index in [-0.39, 0.29) is 18.5 Å². The van der Waals surface area contributed by atoms with Gasteiger partial charge in [-0.15, -0.1) is 0 Å². The van der Waals surface area contributed by atoms with Crippen LogP contribution in [0.2, 0.25) is 5.02 Å². The summed E-state index contributed by atoms with van der Waals surface area (Å²) in [7, 11) is 0. The zero-order valence-electron chi connectivity index (χ0n) is 20.5. The van der Waals surface area contributed by atoms with Crippen LogP contribution in [-0.4, -0.2) is 40.6 Å². The number of benzene rings is 2. The number of hydrogen-bond acceptors (Lipinski definition) is 6. The third-order valence-corrected chi connectivity index (χ3v) is 6.60. The average Bonchev–Trinajstić information content (AvgIpc) is 3.09. The highest BCUT2D eigenvalue weighted by molar-refractivity contribution is 6.31. The lowest BCUT2D eigenvalue weighted by atomic mass is 9.94. The van der Waals surface area contributed by atoms with Gasteiger partial charge in [0.25, 0.3) is 11.8 Å². The van der Waals surface area contributed by atoms with Gasteiger partial charge in [-0.3, -0.25) is 29.4 Å². The van der Waals surface area contributed by atoms with Crippen molar-refractivity contribution in [3.05, 3.63) is 70.4 Å². The van der Waals surface area contributed by atoms with E-state index in [1.165, 1.54) is 0 Å². The second kappa shape index (κ2) is 10.1. The van der Waals surface area contributed by atoms with Gasteiger partial charge < -0.3 is 16.0 Å². The van der Waals surface area contributed by atoms with Crippen LogP contribution in [0.3, 0.4) is 0 Å². The SMILES string of the molecule is Cc1ccc(NC(=O)NC(C)(C)c2cccc(NC3=CC(=O)N(C4CCC(=O)NC4=O)C3=O)c2)cc1Cl. The van der Waals surface area contributed by atoms with E-state index < -0.39 is 41.2 Å². The van der Waals surface area contributed by atoms with E-state index in [1.54, 1.807) is 30.3 Å². The third kappa shape index (κ3) is 5.64. The van der Waals surface area contributed by atoms with Gasteiger partial charge >= 0.3 is 6.03 Å². The molecule has 4 N–H and O–H groups in total. The van der Waals surface area contributed by atoms with Crippen LogP contribution >= 0.6 is 11.6 Å². The zero-order valence-corrected chi connectivity index (χ0v) is 21.2. The lowest BCUT2D eigenvalue weighted by molar-refractivity contribution is -0.149. The Hall–Kier alpha value is -4.18. The highest BCUT2D eigenvalue weighted by Gasteiger charge is 2.42.